The summed E-state index contributed by atoms with van der Waals surface area (Å²) in [7, 11) is 0. The molecule has 0 bridgehead atoms. The number of rotatable bonds is 2. The van der Waals surface area contributed by atoms with Crippen molar-refractivity contribution in [3.05, 3.63) is 34.9 Å². The molecule has 72 valence electrons. The van der Waals surface area contributed by atoms with Crippen LogP contribution in [0.15, 0.2) is 18.2 Å². The van der Waals surface area contributed by atoms with E-state index in [1.165, 1.54) is 0 Å². The van der Waals surface area contributed by atoms with Crippen LogP contribution in [0.4, 0.5) is 0 Å². The van der Waals surface area contributed by atoms with Crippen LogP contribution in [0.3, 0.4) is 0 Å². The number of carbonyl (C=O) groups is 2. The van der Waals surface area contributed by atoms with Crippen molar-refractivity contribution in [3.8, 4) is 0 Å². The lowest BCUT2D eigenvalue weighted by molar-refractivity contribution is 0.0879. The first-order valence-corrected chi connectivity index (χ1v) is 4.32. The molecular formula is C10H9NO3. The Morgan fingerprint density at radius 2 is 2.00 bits per heavy atom. The molecule has 0 atom stereocenters. The first kappa shape index (κ1) is 8.90. The largest absolute Gasteiger partial charge is 0.396 e. The topological polar surface area (TPSA) is 66.4 Å². The minimum Gasteiger partial charge on any atom is -0.396 e. The lowest BCUT2D eigenvalue weighted by Gasteiger charge is -2.02. The average Bonchev–Trinajstić information content (AvgIpc) is 2.44. The normalized spacial score (nSPS) is 14.1. The molecule has 4 heteroatoms. The van der Waals surface area contributed by atoms with Crippen LogP contribution in [0.5, 0.6) is 0 Å². The van der Waals surface area contributed by atoms with Crippen LogP contribution >= 0.6 is 0 Å². The fraction of sp³-hybridized carbons (Fsp3) is 0.200. The first-order chi connectivity index (χ1) is 6.74. The van der Waals surface area contributed by atoms with Crippen molar-refractivity contribution in [3.63, 3.8) is 0 Å². The molecule has 0 fully saturated rings. The number of hydrogen-bond donors (Lipinski definition) is 2. The molecule has 2 rings (SSSR count). The zero-order valence-electron chi connectivity index (χ0n) is 7.41. The van der Waals surface area contributed by atoms with Gasteiger partial charge in [0.05, 0.1) is 11.1 Å². The van der Waals surface area contributed by atoms with Crippen LogP contribution in [0.25, 0.3) is 0 Å². The third-order valence-corrected chi connectivity index (χ3v) is 2.23. The maximum absolute atomic E-state index is 11.4. The minimum atomic E-state index is -0.367. The predicted octanol–water partition coefficient (Wildman–Crippen LogP) is 0.105. The summed E-state index contributed by atoms with van der Waals surface area (Å²) in [6.45, 7) is -0.0298. The van der Waals surface area contributed by atoms with Crippen LogP contribution in [0, 0.1) is 0 Å². The SMILES string of the molecule is O=C1NC(=O)c2c(CCO)cccc21. The zero-order valence-corrected chi connectivity index (χ0v) is 7.41. The van der Waals surface area contributed by atoms with Crippen molar-refractivity contribution in [2.75, 3.05) is 6.61 Å². The molecule has 1 heterocycles. The summed E-state index contributed by atoms with van der Waals surface area (Å²) in [6.07, 6.45) is 0.393. The molecule has 14 heavy (non-hydrogen) atoms. The zero-order chi connectivity index (χ0) is 10.1. The molecule has 0 aliphatic carbocycles. The van der Waals surface area contributed by atoms with Crippen LogP contribution in [-0.4, -0.2) is 23.5 Å². The molecule has 0 saturated carbocycles. The van der Waals surface area contributed by atoms with E-state index in [4.69, 9.17) is 5.11 Å². The van der Waals surface area contributed by atoms with Gasteiger partial charge in [-0.15, -0.1) is 0 Å². The molecule has 0 aromatic heterocycles. The lowest BCUT2D eigenvalue weighted by Crippen LogP contribution is -2.20. The Morgan fingerprint density at radius 1 is 1.21 bits per heavy atom. The summed E-state index contributed by atoms with van der Waals surface area (Å²) in [5, 5.41) is 11.0. The van der Waals surface area contributed by atoms with Gasteiger partial charge >= 0.3 is 0 Å². The van der Waals surface area contributed by atoms with Gasteiger partial charge in [-0.3, -0.25) is 14.9 Å². The average molecular weight is 191 g/mol. The van der Waals surface area contributed by atoms with Gasteiger partial charge in [0, 0.05) is 6.61 Å². The number of fused-ring (bicyclic) bond motifs is 1. The summed E-state index contributed by atoms with van der Waals surface area (Å²) in [5.41, 5.74) is 1.53. The monoisotopic (exact) mass is 191 g/mol. The van der Waals surface area contributed by atoms with E-state index in [-0.39, 0.29) is 18.4 Å². The van der Waals surface area contributed by atoms with Gasteiger partial charge < -0.3 is 5.11 Å². The molecule has 2 N–H and O–H groups in total. The molecule has 1 aromatic carbocycles. The van der Waals surface area contributed by atoms with E-state index in [9.17, 15) is 9.59 Å². The Kier molecular flexibility index (Phi) is 2.05. The van der Waals surface area contributed by atoms with Gasteiger partial charge in [-0.1, -0.05) is 12.1 Å². The standard InChI is InChI=1S/C10H9NO3/c12-5-4-6-2-1-3-7-8(6)10(14)11-9(7)13/h1-3,12H,4-5H2,(H,11,13,14). The van der Waals surface area contributed by atoms with Gasteiger partial charge in [-0.25, -0.2) is 0 Å². The lowest BCUT2D eigenvalue weighted by atomic mass is 10.0. The van der Waals surface area contributed by atoms with Gasteiger partial charge in [0.2, 0.25) is 0 Å². The van der Waals surface area contributed by atoms with Crippen molar-refractivity contribution in [1.29, 1.82) is 0 Å². The molecule has 4 nitrogen and oxygen atoms in total. The molecule has 0 unspecified atom stereocenters. The Morgan fingerprint density at radius 3 is 2.71 bits per heavy atom. The molecular weight excluding hydrogens is 182 g/mol. The quantitative estimate of drug-likeness (QED) is 0.652. The van der Waals surface area contributed by atoms with Crippen molar-refractivity contribution in [1.82, 2.24) is 5.32 Å². The second-order valence-electron chi connectivity index (χ2n) is 3.10. The minimum absolute atomic E-state index is 0.0298. The maximum atomic E-state index is 11.4. The maximum Gasteiger partial charge on any atom is 0.259 e. The second-order valence-corrected chi connectivity index (χ2v) is 3.10. The van der Waals surface area contributed by atoms with Crippen molar-refractivity contribution < 1.29 is 14.7 Å². The highest BCUT2D eigenvalue weighted by Crippen LogP contribution is 2.20. The number of imide groups is 1. The Bertz CT molecular complexity index is 412. The molecule has 0 spiro atoms. The number of amides is 2. The van der Waals surface area contributed by atoms with Gasteiger partial charge in [0.25, 0.3) is 11.8 Å². The smallest absolute Gasteiger partial charge is 0.259 e. The number of benzene rings is 1. The highest BCUT2D eigenvalue weighted by atomic mass is 16.3. The fourth-order valence-corrected chi connectivity index (χ4v) is 1.62. The van der Waals surface area contributed by atoms with E-state index in [2.05, 4.69) is 5.32 Å². The first-order valence-electron chi connectivity index (χ1n) is 4.32. The van der Waals surface area contributed by atoms with Crippen LogP contribution in [0.1, 0.15) is 26.3 Å². The van der Waals surface area contributed by atoms with Crippen LogP contribution in [0.2, 0.25) is 0 Å². The van der Waals surface area contributed by atoms with Gasteiger partial charge in [-0.05, 0) is 18.1 Å². The number of hydrogen-bond acceptors (Lipinski definition) is 3. The van der Waals surface area contributed by atoms with Crippen LogP contribution < -0.4 is 5.32 Å². The van der Waals surface area contributed by atoms with Crippen molar-refractivity contribution in [2.24, 2.45) is 0 Å². The molecule has 1 aromatic rings. The predicted molar refractivity (Wildman–Crippen MR) is 49.0 cm³/mol. The molecule has 0 saturated heterocycles. The van der Waals surface area contributed by atoms with Gasteiger partial charge in [0.15, 0.2) is 0 Å². The Balaban J connectivity index is 2.56. The van der Waals surface area contributed by atoms with Gasteiger partial charge in [0.1, 0.15) is 0 Å². The molecule has 1 aliphatic rings. The number of carbonyl (C=O) groups excluding carboxylic acids is 2. The van der Waals surface area contributed by atoms with E-state index in [1.54, 1.807) is 18.2 Å². The van der Waals surface area contributed by atoms with Crippen LogP contribution in [-0.2, 0) is 6.42 Å². The third kappa shape index (κ3) is 1.20. The van der Waals surface area contributed by atoms with Crippen molar-refractivity contribution in [2.45, 2.75) is 6.42 Å². The highest BCUT2D eigenvalue weighted by molar-refractivity contribution is 6.22. The third-order valence-electron chi connectivity index (χ3n) is 2.23. The Hall–Kier alpha value is -1.68. The molecule has 1 aliphatic heterocycles. The van der Waals surface area contributed by atoms with E-state index in [1.807, 2.05) is 0 Å². The van der Waals surface area contributed by atoms with E-state index in [0.29, 0.717) is 23.1 Å². The number of aliphatic hydroxyl groups is 1. The highest BCUT2D eigenvalue weighted by Gasteiger charge is 2.28. The fourth-order valence-electron chi connectivity index (χ4n) is 1.62. The number of aliphatic hydroxyl groups excluding tert-OH is 1. The summed E-state index contributed by atoms with van der Waals surface area (Å²) in [4.78, 5) is 22.6. The molecule has 2 amide bonds. The summed E-state index contributed by atoms with van der Waals surface area (Å²) in [5.74, 6) is -0.723. The van der Waals surface area contributed by atoms with E-state index < -0.39 is 0 Å². The summed E-state index contributed by atoms with van der Waals surface area (Å²) in [6, 6.07) is 5.06. The van der Waals surface area contributed by atoms with Gasteiger partial charge in [-0.2, -0.15) is 0 Å². The summed E-state index contributed by atoms with van der Waals surface area (Å²) >= 11 is 0. The molecule has 0 radical (unpaired) electrons. The Labute approximate surface area is 80.6 Å². The number of nitrogens with one attached hydrogen (secondary N) is 1. The summed E-state index contributed by atoms with van der Waals surface area (Å²) < 4.78 is 0. The second kappa shape index (κ2) is 3.23. The van der Waals surface area contributed by atoms with Crippen molar-refractivity contribution >= 4 is 11.8 Å². The van der Waals surface area contributed by atoms with E-state index >= 15 is 0 Å². The van der Waals surface area contributed by atoms with E-state index in [0.717, 1.165) is 0 Å².